The van der Waals surface area contributed by atoms with Crippen LogP contribution in [0.4, 0.5) is 10.5 Å². The number of hydrogen-bond donors (Lipinski definition) is 2. The molecule has 4 rings (SSSR count). The van der Waals surface area contributed by atoms with Crippen LogP contribution in [0.2, 0.25) is 0 Å². The van der Waals surface area contributed by atoms with Crippen molar-refractivity contribution in [2.45, 2.75) is 35.7 Å². The number of ether oxygens (including phenoxy) is 1. The van der Waals surface area contributed by atoms with E-state index in [1.165, 1.54) is 11.8 Å². The first-order valence-electron chi connectivity index (χ1n) is 8.30. The van der Waals surface area contributed by atoms with Gasteiger partial charge in [0.1, 0.15) is 5.41 Å². The van der Waals surface area contributed by atoms with Crippen LogP contribution in [0.15, 0.2) is 27.5 Å². The molecule has 1 atom stereocenters. The lowest BCUT2D eigenvalue weighted by Gasteiger charge is -2.30. The number of primary amides is 1. The summed E-state index contributed by atoms with van der Waals surface area (Å²) in [5.74, 6) is 0.412. The molecule has 1 aromatic carbocycles. The minimum absolute atomic E-state index is 0.260. The van der Waals surface area contributed by atoms with Crippen LogP contribution in [0.1, 0.15) is 25.2 Å². The minimum atomic E-state index is -0.997. The maximum Gasteiger partial charge on any atom is 0.405 e. The van der Waals surface area contributed by atoms with E-state index in [2.05, 4.69) is 21.6 Å². The highest BCUT2D eigenvalue weighted by atomic mass is 32.2. The number of fused-ring (bicyclic) bond motifs is 1. The van der Waals surface area contributed by atoms with Gasteiger partial charge in [0.25, 0.3) is 5.91 Å². The van der Waals surface area contributed by atoms with Gasteiger partial charge in [-0.2, -0.15) is 5.26 Å². The molecule has 0 saturated heterocycles. The highest BCUT2D eigenvalue weighted by Crippen LogP contribution is 2.43. The van der Waals surface area contributed by atoms with Crippen LogP contribution in [0.3, 0.4) is 0 Å². The van der Waals surface area contributed by atoms with Gasteiger partial charge in [-0.05, 0) is 37.5 Å². The zero-order chi connectivity index (χ0) is 19.0. The molecule has 1 saturated carbocycles. The Balaban J connectivity index is 1.60. The van der Waals surface area contributed by atoms with Crippen LogP contribution in [-0.2, 0) is 14.9 Å². The number of rotatable bonds is 3. The Hall–Kier alpha value is -3.06. The van der Waals surface area contributed by atoms with E-state index in [1.807, 2.05) is 6.07 Å². The number of nitriles is 1. The van der Waals surface area contributed by atoms with Crippen LogP contribution in [0.25, 0.3) is 11.5 Å². The average molecular weight is 385 g/mol. The summed E-state index contributed by atoms with van der Waals surface area (Å²) in [6.45, 7) is 0. The smallest absolute Gasteiger partial charge is 0.405 e. The molecule has 27 heavy (non-hydrogen) atoms. The van der Waals surface area contributed by atoms with Crippen LogP contribution in [0.5, 0.6) is 0 Å². The van der Waals surface area contributed by atoms with Crippen LogP contribution in [-0.4, -0.2) is 34.1 Å². The number of nitrogens with one attached hydrogen (secondary N) is 1. The molecule has 1 aliphatic heterocycles. The van der Waals surface area contributed by atoms with Crippen molar-refractivity contribution in [3.05, 3.63) is 24.1 Å². The van der Waals surface area contributed by atoms with E-state index in [-0.39, 0.29) is 11.6 Å². The number of amides is 2. The topological polar surface area (TPSA) is 144 Å². The molecule has 2 aliphatic rings. The molecule has 0 unspecified atom stereocenters. The van der Waals surface area contributed by atoms with Crippen LogP contribution < -0.4 is 11.1 Å². The van der Waals surface area contributed by atoms with E-state index < -0.39 is 23.5 Å². The van der Waals surface area contributed by atoms with Crippen LogP contribution >= 0.6 is 11.8 Å². The van der Waals surface area contributed by atoms with Crippen molar-refractivity contribution in [3.8, 4) is 17.5 Å². The summed E-state index contributed by atoms with van der Waals surface area (Å²) in [7, 11) is 0. The summed E-state index contributed by atoms with van der Waals surface area (Å²) in [6, 6.07) is 7.60. The maximum absolute atomic E-state index is 12.2. The zero-order valence-corrected chi connectivity index (χ0v) is 14.9. The molecule has 1 aliphatic carbocycles. The fourth-order valence-corrected chi connectivity index (χ4v) is 3.99. The Kier molecular flexibility index (Phi) is 4.24. The molecular weight excluding hydrogens is 370 g/mol. The highest BCUT2D eigenvalue weighted by Gasteiger charge is 2.44. The van der Waals surface area contributed by atoms with Gasteiger partial charge in [-0.3, -0.25) is 4.79 Å². The second-order valence-electron chi connectivity index (χ2n) is 6.40. The van der Waals surface area contributed by atoms with E-state index in [0.717, 1.165) is 11.3 Å². The standard InChI is InChI=1S/C17H15N5O4S/c18-8-17(4-1-5-17)15-22-21-14(26-15)9-2-3-12-10(6-9)20-13(23)11(7-27-12)25-16(19)24/h2-3,6,11H,1,4-5,7H2,(H2,19,24)(H,20,23)/t11-/m0/s1. The number of aromatic nitrogens is 2. The number of nitrogens with zero attached hydrogens (tertiary/aromatic N) is 3. The fraction of sp³-hybridized carbons (Fsp3) is 0.353. The molecule has 2 heterocycles. The van der Waals surface area contributed by atoms with Crippen molar-refractivity contribution in [3.63, 3.8) is 0 Å². The van der Waals surface area contributed by atoms with Gasteiger partial charge in [0, 0.05) is 16.2 Å². The number of nitrogens with two attached hydrogens (primary N) is 1. The van der Waals surface area contributed by atoms with Crippen molar-refractivity contribution in [1.82, 2.24) is 10.2 Å². The molecule has 1 fully saturated rings. The third-order valence-corrected chi connectivity index (χ3v) is 5.82. The third kappa shape index (κ3) is 3.10. The molecule has 2 aromatic rings. The quantitative estimate of drug-likeness (QED) is 0.818. The second kappa shape index (κ2) is 6.59. The Morgan fingerprint density at radius 2 is 2.26 bits per heavy atom. The summed E-state index contributed by atoms with van der Waals surface area (Å²) < 4.78 is 10.6. The second-order valence-corrected chi connectivity index (χ2v) is 7.46. The lowest BCUT2D eigenvalue weighted by molar-refractivity contribution is -0.123. The first kappa shape index (κ1) is 17.4. The fourth-order valence-electron chi connectivity index (χ4n) is 3.01. The van der Waals surface area contributed by atoms with Crippen molar-refractivity contribution in [2.24, 2.45) is 5.73 Å². The van der Waals surface area contributed by atoms with Crippen molar-refractivity contribution >= 4 is 29.4 Å². The summed E-state index contributed by atoms with van der Waals surface area (Å²) in [5, 5.41) is 20.2. The molecule has 3 N–H and O–H groups in total. The molecule has 9 nitrogen and oxygen atoms in total. The number of carbonyl (C=O) groups excluding carboxylic acids is 2. The van der Waals surface area contributed by atoms with E-state index in [1.54, 1.807) is 12.1 Å². The average Bonchev–Trinajstić information content (AvgIpc) is 3.03. The van der Waals surface area contributed by atoms with E-state index in [9.17, 15) is 14.9 Å². The van der Waals surface area contributed by atoms with Gasteiger partial charge in [-0.1, -0.05) is 0 Å². The number of anilines is 1. The van der Waals surface area contributed by atoms with Crippen molar-refractivity contribution in [2.75, 3.05) is 11.1 Å². The first-order chi connectivity index (χ1) is 13.0. The van der Waals surface area contributed by atoms with Crippen LogP contribution in [0, 0.1) is 11.3 Å². The van der Waals surface area contributed by atoms with E-state index >= 15 is 0 Å². The molecule has 1 aromatic heterocycles. The summed E-state index contributed by atoms with van der Waals surface area (Å²) in [5.41, 5.74) is 5.50. The largest absolute Gasteiger partial charge is 0.435 e. The Labute approximate surface area is 158 Å². The lowest BCUT2D eigenvalue weighted by atomic mass is 9.70. The molecule has 0 spiro atoms. The molecular formula is C17H15N5O4S. The number of thioether (sulfide) groups is 1. The number of carbonyl (C=O) groups is 2. The third-order valence-electron chi connectivity index (χ3n) is 4.68. The number of hydrogen-bond acceptors (Lipinski definition) is 8. The van der Waals surface area contributed by atoms with Gasteiger partial charge in [-0.25, -0.2) is 4.79 Å². The molecule has 138 valence electrons. The Bertz CT molecular complexity index is 962. The summed E-state index contributed by atoms with van der Waals surface area (Å²) in [4.78, 5) is 24.0. The molecule has 2 amide bonds. The predicted molar refractivity (Wildman–Crippen MR) is 94.7 cm³/mol. The van der Waals surface area contributed by atoms with Crippen molar-refractivity contribution in [1.29, 1.82) is 5.26 Å². The monoisotopic (exact) mass is 385 g/mol. The maximum atomic E-state index is 12.2. The summed E-state index contributed by atoms with van der Waals surface area (Å²) >= 11 is 1.37. The highest BCUT2D eigenvalue weighted by molar-refractivity contribution is 7.99. The normalized spacial score (nSPS) is 20.4. The van der Waals surface area contributed by atoms with E-state index in [4.69, 9.17) is 14.9 Å². The van der Waals surface area contributed by atoms with Gasteiger partial charge in [0.05, 0.1) is 11.8 Å². The zero-order valence-electron chi connectivity index (χ0n) is 14.1. The first-order valence-corrected chi connectivity index (χ1v) is 9.29. The molecule has 0 radical (unpaired) electrons. The summed E-state index contributed by atoms with van der Waals surface area (Å²) in [6.07, 6.45) is 0.421. The van der Waals surface area contributed by atoms with Gasteiger partial charge in [0.2, 0.25) is 11.8 Å². The minimum Gasteiger partial charge on any atom is -0.435 e. The SMILES string of the molecule is N#CC1(c2nnc(-c3ccc4c(c3)NC(=O)[C@@H](OC(N)=O)CS4)o2)CCC1. The van der Waals surface area contributed by atoms with Gasteiger partial charge in [-0.15, -0.1) is 22.0 Å². The lowest BCUT2D eigenvalue weighted by Crippen LogP contribution is -2.35. The predicted octanol–water partition coefficient (Wildman–Crippen LogP) is 2.19. The van der Waals surface area contributed by atoms with Gasteiger partial charge >= 0.3 is 6.09 Å². The van der Waals surface area contributed by atoms with Gasteiger partial charge < -0.3 is 20.2 Å². The molecule has 0 bridgehead atoms. The van der Waals surface area contributed by atoms with Crippen molar-refractivity contribution < 1.29 is 18.7 Å². The Morgan fingerprint density at radius 3 is 2.93 bits per heavy atom. The van der Waals surface area contributed by atoms with E-state index in [0.29, 0.717) is 30.0 Å². The van der Waals surface area contributed by atoms with Gasteiger partial charge in [0.15, 0.2) is 6.10 Å². The molecule has 10 heteroatoms. The Morgan fingerprint density at radius 1 is 1.44 bits per heavy atom. The number of benzene rings is 1.